The van der Waals surface area contributed by atoms with Crippen LogP contribution in [-0.4, -0.2) is 24.3 Å². The Morgan fingerprint density at radius 3 is 2.20 bits per heavy atom. The molecule has 2 saturated carbocycles. The van der Waals surface area contributed by atoms with E-state index in [2.05, 4.69) is 10.6 Å². The average molecular weight is 272 g/mol. The van der Waals surface area contributed by atoms with E-state index < -0.39 is 0 Å². The first-order valence-electron chi connectivity index (χ1n) is 7.67. The smallest absolute Gasteiger partial charge is 0.0404 e. The van der Waals surface area contributed by atoms with Gasteiger partial charge in [0.15, 0.2) is 0 Å². The summed E-state index contributed by atoms with van der Waals surface area (Å²) < 4.78 is 0. The van der Waals surface area contributed by atoms with Gasteiger partial charge in [-0.15, -0.1) is 0 Å². The minimum Gasteiger partial charge on any atom is -0.398 e. The maximum Gasteiger partial charge on any atom is 0.0404 e. The third-order valence-corrected chi connectivity index (χ3v) is 4.39. The molecule has 0 aliphatic heterocycles. The van der Waals surface area contributed by atoms with Crippen molar-refractivity contribution in [3.8, 4) is 0 Å². The quantitative estimate of drug-likeness (QED) is 0.492. The molecule has 0 bridgehead atoms. The van der Waals surface area contributed by atoms with Crippen LogP contribution in [0.3, 0.4) is 0 Å². The number of nitrogen functional groups attached to an aromatic ring is 1. The number of nitrogens with one attached hydrogen (secondary N) is 3. The monoisotopic (exact) mass is 272 g/mol. The Hall–Kier alpha value is -1.55. The Kier molecular flexibility index (Phi) is 3.92. The van der Waals surface area contributed by atoms with Crippen LogP contribution in [0.2, 0.25) is 0 Å². The van der Waals surface area contributed by atoms with Gasteiger partial charge in [0.1, 0.15) is 0 Å². The lowest BCUT2D eigenvalue weighted by Crippen LogP contribution is -2.37. The minimum atomic E-state index is 0.550. The first-order valence-corrected chi connectivity index (χ1v) is 7.67. The van der Waals surface area contributed by atoms with E-state index in [-0.39, 0.29) is 0 Å². The molecule has 0 unspecified atom stereocenters. The maximum atomic E-state index is 7.36. The summed E-state index contributed by atoms with van der Waals surface area (Å²) in [5, 5.41) is 14.7. The van der Waals surface area contributed by atoms with Crippen molar-refractivity contribution >= 4 is 17.6 Å². The molecule has 0 heterocycles. The van der Waals surface area contributed by atoms with Gasteiger partial charge >= 0.3 is 0 Å². The molecule has 4 nitrogen and oxygen atoms in total. The van der Waals surface area contributed by atoms with E-state index in [1.807, 2.05) is 18.2 Å². The van der Waals surface area contributed by atoms with Gasteiger partial charge in [0, 0.05) is 41.3 Å². The molecule has 2 aliphatic carbocycles. The molecule has 2 aliphatic rings. The summed E-state index contributed by atoms with van der Waals surface area (Å²) in [6.07, 6.45) is 9.02. The van der Waals surface area contributed by atoms with Gasteiger partial charge in [0.2, 0.25) is 0 Å². The summed E-state index contributed by atoms with van der Waals surface area (Å²) in [6.45, 7) is 0. The molecule has 108 valence electrons. The van der Waals surface area contributed by atoms with Gasteiger partial charge in [-0.25, -0.2) is 0 Å². The second-order valence-electron chi connectivity index (χ2n) is 6.12. The number of hydrogen-bond donors (Lipinski definition) is 4. The van der Waals surface area contributed by atoms with Crippen LogP contribution in [0.4, 0.5) is 11.4 Å². The van der Waals surface area contributed by atoms with E-state index in [4.69, 9.17) is 11.1 Å². The molecule has 2 fully saturated rings. The van der Waals surface area contributed by atoms with E-state index in [9.17, 15) is 0 Å². The highest BCUT2D eigenvalue weighted by atomic mass is 15.0. The summed E-state index contributed by atoms with van der Waals surface area (Å²) in [5.74, 6) is 0. The molecule has 0 aromatic heterocycles. The van der Waals surface area contributed by atoms with Crippen LogP contribution < -0.4 is 16.4 Å². The highest BCUT2D eigenvalue weighted by molar-refractivity contribution is 5.86. The maximum absolute atomic E-state index is 7.36. The Balaban J connectivity index is 1.52. The van der Waals surface area contributed by atoms with Crippen LogP contribution in [0.5, 0.6) is 0 Å². The summed E-state index contributed by atoms with van der Waals surface area (Å²) in [4.78, 5) is 0. The van der Waals surface area contributed by atoms with Crippen molar-refractivity contribution in [1.82, 2.24) is 5.32 Å². The summed E-state index contributed by atoms with van der Waals surface area (Å²) in [5.41, 5.74) is 8.36. The fraction of sp³-hybridized carbons (Fsp3) is 0.562. The van der Waals surface area contributed by atoms with Gasteiger partial charge < -0.3 is 21.8 Å². The second-order valence-corrected chi connectivity index (χ2v) is 6.12. The molecule has 0 saturated heterocycles. The van der Waals surface area contributed by atoms with E-state index in [1.54, 1.807) is 0 Å². The zero-order chi connectivity index (χ0) is 13.9. The fourth-order valence-corrected chi connectivity index (χ4v) is 3.01. The van der Waals surface area contributed by atoms with Crippen molar-refractivity contribution in [1.29, 1.82) is 5.41 Å². The normalized spacial score (nSPS) is 26.2. The molecule has 0 spiro atoms. The molecular formula is C16H24N4. The minimum absolute atomic E-state index is 0.550. The predicted octanol–water partition coefficient (Wildman–Crippen LogP) is 2.74. The fourth-order valence-electron chi connectivity index (χ4n) is 3.01. The first kappa shape index (κ1) is 13.4. The van der Waals surface area contributed by atoms with Crippen molar-refractivity contribution in [2.24, 2.45) is 0 Å². The zero-order valence-corrected chi connectivity index (χ0v) is 11.9. The Bertz CT molecular complexity index is 473. The van der Waals surface area contributed by atoms with Crippen LogP contribution in [-0.2, 0) is 0 Å². The van der Waals surface area contributed by atoms with Gasteiger partial charge in [-0.05, 0) is 56.7 Å². The Morgan fingerprint density at radius 2 is 1.60 bits per heavy atom. The first-order chi connectivity index (χ1) is 9.74. The van der Waals surface area contributed by atoms with Gasteiger partial charge in [-0.2, -0.15) is 0 Å². The van der Waals surface area contributed by atoms with Crippen molar-refractivity contribution in [2.75, 3.05) is 11.1 Å². The SMILES string of the molecule is N=Cc1cc(NC2CCC(NC3CC3)CC2)ccc1N. The molecule has 5 N–H and O–H groups in total. The molecule has 0 radical (unpaired) electrons. The average Bonchev–Trinajstić information content (AvgIpc) is 3.27. The highest BCUT2D eigenvalue weighted by Crippen LogP contribution is 2.27. The molecule has 4 heteroatoms. The van der Waals surface area contributed by atoms with E-state index in [1.165, 1.54) is 44.7 Å². The molecule has 3 rings (SSSR count). The standard InChI is InChI=1S/C16H24N4/c17-10-11-9-15(7-8-16(11)18)20-14-5-3-13(4-6-14)19-12-1-2-12/h7-10,12-14,17,19-20H,1-6,18H2. The molecule has 20 heavy (non-hydrogen) atoms. The van der Waals surface area contributed by atoms with Gasteiger partial charge in [-0.1, -0.05) is 0 Å². The second kappa shape index (κ2) is 5.83. The van der Waals surface area contributed by atoms with E-state index in [0.717, 1.165) is 23.3 Å². The van der Waals surface area contributed by atoms with Crippen LogP contribution >= 0.6 is 0 Å². The van der Waals surface area contributed by atoms with E-state index in [0.29, 0.717) is 11.7 Å². The highest BCUT2D eigenvalue weighted by Gasteiger charge is 2.27. The van der Waals surface area contributed by atoms with Crippen LogP contribution in [0.15, 0.2) is 18.2 Å². The summed E-state index contributed by atoms with van der Waals surface area (Å²) >= 11 is 0. The molecule has 1 aromatic rings. The molecule has 1 aromatic carbocycles. The van der Waals surface area contributed by atoms with Crippen LogP contribution in [0.25, 0.3) is 0 Å². The number of benzene rings is 1. The predicted molar refractivity (Wildman–Crippen MR) is 84.6 cm³/mol. The number of anilines is 2. The largest absolute Gasteiger partial charge is 0.398 e. The lowest BCUT2D eigenvalue weighted by molar-refractivity contribution is 0.352. The van der Waals surface area contributed by atoms with Gasteiger partial charge in [0.25, 0.3) is 0 Å². The zero-order valence-electron chi connectivity index (χ0n) is 11.9. The third kappa shape index (κ3) is 3.31. The van der Waals surface area contributed by atoms with Crippen molar-refractivity contribution in [3.05, 3.63) is 23.8 Å². The number of rotatable bonds is 5. The number of hydrogen-bond acceptors (Lipinski definition) is 4. The topological polar surface area (TPSA) is 73.9 Å². The number of nitrogens with two attached hydrogens (primary N) is 1. The summed E-state index contributed by atoms with van der Waals surface area (Å²) in [6, 6.07) is 7.95. The van der Waals surface area contributed by atoms with Crippen LogP contribution in [0.1, 0.15) is 44.1 Å². The Morgan fingerprint density at radius 1 is 1.00 bits per heavy atom. The van der Waals surface area contributed by atoms with Gasteiger partial charge in [-0.3, -0.25) is 0 Å². The third-order valence-electron chi connectivity index (χ3n) is 4.39. The van der Waals surface area contributed by atoms with Crippen LogP contribution in [0, 0.1) is 5.41 Å². The Labute approximate surface area is 120 Å². The summed E-state index contributed by atoms with van der Waals surface area (Å²) in [7, 11) is 0. The lowest BCUT2D eigenvalue weighted by atomic mass is 9.91. The molecular weight excluding hydrogens is 248 g/mol. The molecule has 0 amide bonds. The van der Waals surface area contributed by atoms with Gasteiger partial charge in [0.05, 0.1) is 0 Å². The van der Waals surface area contributed by atoms with Crippen molar-refractivity contribution < 1.29 is 0 Å². The lowest BCUT2D eigenvalue weighted by Gasteiger charge is -2.30. The van der Waals surface area contributed by atoms with Crippen molar-refractivity contribution in [3.63, 3.8) is 0 Å². The van der Waals surface area contributed by atoms with Crippen molar-refractivity contribution in [2.45, 2.75) is 56.7 Å². The molecule has 0 atom stereocenters. The van der Waals surface area contributed by atoms with E-state index >= 15 is 0 Å².